The SMILES string of the molecule is CCOP(=O)(O)CCP(=O)(c1ccccc1)c1ccccc1. The van der Waals surface area contributed by atoms with Gasteiger partial charge in [0.15, 0.2) is 0 Å². The van der Waals surface area contributed by atoms with Crippen molar-refractivity contribution < 1.29 is 18.5 Å². The maximum absolute atomic E-state index is 13.6. The number of benzene rings is 2. The zero-order valence-corrected chi connectivity index (χ0v) is 14.3. The Morgan fingerprint density at radius 3 is 1.73 bits per heavy atom. The Labute approximate surface area is 131 Å². The van der Waals surface area contributed by atoms with Gasteiger partial charge in [-0.3, -0.25) is 4.57 Å². The van der Waals surface area contributed by atoms with E-state index < -0.39 is 14.7 Å². The summed E-state index contributed by atoms with van der Waals surface area (Å²) in [5.74, 6) is 0. The van der Waals surface area contributed by atoms with Crippen LogP contribution in [0.4, 0.5) is 0 Å². The van der Waals surface area contributed by atoms with Gasteiger partial charge >= 0.3 is 7.60 Å². The molecule has 0 aliphatic heterocycles. The molecule has 22 heavy (non-hydrogen) atoms. The fraction of sp³-hybridized carbons (Fsp3) is 0.250. The molecule has 6 heteroatoms. The van der Waals surface area contributed by atoms with E-state index in [0.717, 1.165) is 0 Å². The minimum Gasteiger partial charge on any atom is -0.324 e. The van der Waals surface area contributed by atoms with Gasteiger partial charge in [-0.1, -0.05) is 60.7 Å². The van der Waals surface area contributed by atoms with Crippen LogP contribution in [0.1, 0.15) is 6.92 Å². The summed E-state index contributed by atoms with van der Waals surface area (Å²) in [4.78, 5) is 9.78. The standard InChI is InChI=1S/C16H20O4P2/c1-2-20-22(18,19)14-13-21(17,15-9-5-3-6-10-15)16-11-7-4-8-12-16/h3-12H,2,13-14H2,1H3,(H,18,19). The lowest BCUT2D eigenvalue weighted by atomic mass is 10.4. The number of hydrogen-bond donors (Lipinski definition) is 1. The molecule has 4 nitrogen and oxygen atoms in total. The maximum Gasteiger partial charge on any atom is 0.328 e. The molecule has 2 aromatic carbocycles. The minimum atomic E-state index is -3.70. The molecule has 0 radical (unpaired) electrons. The van der Waals surface area contributed by atoms with Gasteiger partial charge in [-0.15, -0.1) is 0 Å². The molecule has 0 heterocycles. The summed E-state index contributed by atoms with van der Waals surface area (Å²) in [6.07, 6.45) is -0.0172. The van der Waals surface area contributed by atoms with Crippen LogP contribution in [0.3, 0.4) is 0 Å². The smallest absolute Gasteiger partial charge is 0.324 e. The highest BCUT2D eigenvalue weighted by molar-refractivity contribution is 7.79. The van der Waals surface area contributed by atoms with E-state index in [1.807, 2.05) is 36.4 Å². The molecule has 0 aliphatic rings. The van der Waals surface area contributed by atoms with Crippen LogP contribution in [0.5, 0.6) is 0 Å². The average molecular weight is 338 g/mol. The van der Waals surface area contributed by atoms with E-state index in [9.17, 15) is 14.0 Å². The molecule has 0 fully saturated rings. The van der Waals surface area contributed by atoms with Crippen molar-refractivity contribution in [3.05, 3.63) is 60.7 Å². The van der Waals surface area contributed by atoms with E-state index in [1.54, 1.807) is 31.2 Å². The van der Waals surface area contributed by atoms with Gasteiger partial charge in [-0.05, 0) is 6.92 Å². The fourth-order valence-electron chi connectivity index (χ4n) is 2.28. The summed E-state index contributed by atoms with van der Waals surface area (Å²) in [5, 5.41) is 1.38. The molecular weight excluding hydrogens is 318 g/mol. The summed E-state index contributed by atoms with van der Waals surface area (Å²) in [6.45, 7) is 1.83. The minimum absolute atomic E-state index is 0.106. The second kappa shape index (κ2) is 7.39. The molecule has 0 aromatic heterocycles. The molecule has 1 N–H and O–H groups in total. The molecule has 118 valence electrons. The molecular formula is C16H20O4P2. The molecule has 1 atom stereocenters. The van der Waals surface area contributed by atoms with Crippen LogP contribution in [0, 0.1) is 0 Å². The second-order valence-corrected chi connectivity index (χ2v) is 9.85. The molecule has 2 aromatic rings. The predicted molar refractivity (Wildman–Crippen MR) is 90.9 cm³/mol. The Balaban J connectivity index is 2.36. The number of hydrogen-bond acceptors (Lipinski definition) is 3. The summed E-state index contributed by atoms with van der Waals surface area (Å²) < 4.78 is 30.4. The van der Waals surface area contributed by atoms with E-state index in [4.69, 9.17) is 4.52 Å². The molecule has 0 spiro atoms. The molecule has 0 saturated carbocycles. The van der Waals surface area contributed by atoms with Crippen LogP contribution in [0.15, 0.2) is 60.7 Å². The fourth-order valence-corrected chi connectivity index (χ4v) is 7.07. The highest BCUT2D eigenvalue weighted by Gasteiger charge is 2.31. The van der Waals surface area contributed by atoms with Crippen LogP contribution in [0.25, 0.3) is 0 Å². The van der Waals surface area contributed by atoms with Gasteiger partial charge in [0.25, 0.3) is 0 Å². The number of rotatable bonds is 7. The van der Waals surface area contributed by atoms with Crippen molar-refractivity contribution in [2.45, 2.75) is 6.92 Å². The first-order valence-electron chi connectivity index (χ1n) is 7.14. The zero-order chi connectivity index (χ0) is 16.1. The quantitative estimate of drug-likeness (QED) is 0.788. The first-order chi connectivity index (χ1) is 10.5. The summed E-state index contributed by atoms with van der Waals surface area (Å²) >= 11 is 0. The van der Waals surface area contributed by atoms with E-state index in [0.29, 0.717) is 10.6 Å². The van der Waals surface area contributed by atoms with Crippen molar-refractivity contribution in [3.63, 3.8) is 0 Å². The van der Waals surface area contributed by atoms with Gasteiger partial charge in [-0.2, -0.15) is 0 Å². The lowest BCUT2D eigenvalue weighted by Crippen LogP contribution is -2.20. The molecule has 0 amide bonds. The Morgan fingerprint density at radius 2 is 1.32 bits per heavy atom. The van der Waals surface area contributed by atoms with Gasteiger partial charge < -0.3 is 14.0 Å². The van der Waals surface area contributed by atoms with Gasteiger partial charge in [0.2, 0.25) is 0 Å². The molecule has 0 aliphatic carbocycles. The highest BCUT2D eigenvalue weighted by Crippen LogP contribution is 2.50. The third-order valence-electron chi connectivity index (χ3n) is 3.37. The molecule has 0 bridgehead atoms. The van der Waals surface area contributed by atoms with Crippen molar-refractivity contribution in [2.24, 2.45) is 0 Å². The summed E-state index contributed by atoms with van der Waals surface area (Å²) in [7, 11) is -6.66. The second-order valence-electron chi connectivity index (χ2n) is 4.91. The van der Waals surface area contributed by atoms with E-state index in [1.165, 1.54) is 0 Å². The Morgan fingerprint density at radius 1 is 0.864 bits per heavy atom. The molecule has 2 rings (SSSR count). The first kappa shape index (κ1) is 17.2. The lowest BCUT2D eigenvalue weighted by molar-refractivity contribution is 0.275. The maximum atomic E-state index is 13.6. The Hall–Kier alpha value is -1.18. The Kier molecular flexibility index (Phi) is 5.77. The zero-order valence-electron chi connectivity index (χ0n) is 12.5. The first-order valence-corrected chi connectivity index (χ1v) is 10.8. The van der Waals surface area contributed by atoms with Gasteiger partial charge in [0.1, 0.15) is 7.14 Å². The third-order valence-corrected chi connectivity index (χ3v) is 8.30. The van der Waals surface area contributed by atoms with E-state index >= 15 is 0 Å². The van der Waals surface area contributed by atoms with Crippen LogP contribution < -0.4 is 10.6 Å². The van der Waals surface area contributed by atoms with E-state index in [2.05, 4.69) is 0 Å². The lowest BCUT2D eigenvalue weighted by Gasteiger charge is -2.20. The van der Waals surface area contributed by atoms with Crippen LogP contribution in [-0.2, 0) is 13.7 Å². The van der Waals surface area contributed by atoms with Crippen molar-refractivity contribution in [1.82, 2.24) is 0 Å². The van der Waals surface area contributed by atoms with Crippen LogP contribution >= 0.6 is 14.7 Å². The van der Waals surface area contributed by atoms with Crippen molar-refractivity contribution in [1.29, 1.82) is 0 Å². The largest absolute Gasteiger partial charge is 0.328 e. The predicted octanol–water partition coefficient (Wildman–Crippen LogP) is 3.22. The van der Waals surface area contributed by atoms with Crippen molar-refractivity contribution in [2.75, 3.05) is 18.9 Å². The topological polar surface area (TPSA) is 63.6 Å². The average Bonchev–Trinajstić information content (AvgIpc) is 2.54. The van der Waals surface area contributed by atoms with Crippen LogP contribution in [-0.4, -0.2) is 23.8 Å². The normalized spacial score (nSPS) is 14.5. The monoisotopic (exact) mass is 338 g/mol. The Bertz CT molecular complexity index is 642. The van der Waals surface area contributed by atoms with E-state index in [-0.39, 0.29) is 18.9 Å². The third kappa shape index (κ3) is 4.18. The van der Waals surface area contributed by atoms with Crippen molar-refractivity contribution >= 4 is 25.3 Å². The highest BCUT2D eigenvalue weighted by atomic mass is 31.2. The molecule has 1 unspecified atom stereocenters. The summed E-state index contributed by atoms with van der Waals surface area (Å²) in [5.41, 5.74) is 0. The molecule has 0 saturated heterocycles. The van der Waals surface area contributed by atoms with Gasteiger partial charge in [0.05, 0.1) is 12.8 Å². The summed E-state index contributed by atoms with van der Waals surface area (Å²) in [6, 6.07) is 18.2. The van der Waals surface area contributed by atoms with Gasteiger partial charge in [0, 0.05) is 16.8 Å². The van der Waals surface area contributed by atoms with Gasteiger partial charge in [-0.25, -0.2) is 0 Å². The van der Waals surface area contributed by atoms with Crippen LogP contribution in [0.2, 0.25) is 0 Å². The van der Waals surface area contributed by atoms with Crippen molar-refractivity contribution in [3.8, 4) is 0 Å².